The summed E-state index contributed by atoms with van der Waals surface area (Å²) in [5.74, 6) is 0.164. The SMILES string of the molecule is CN1/C(=C(Cl)\C=C(/C=O)Nc2ncnc3nc[nH]c23)C(=O)NC12CCCCC2. The van der Waals surface area contributed by atoms with Gasteiger partial charge < -0.3 is 20.5 Å². The number of amides is 1. The Hall–Kier alpha value is -2.94. The maximum Gasteiger partial charge on any atom is 0.270 e. The molecule has 0 bridgehead atoms. The van der Waals surface area contributed by atoms with Gasteiger partial charge in [-0.1, -0.05) is 18.0 Å². The number of nitrogens with zero attached hydrogens (tertiary/aromatic N) is 4. The number of aromatic amines is 1. The summed E-state index contributed by atoms with van der Waals surface area (Å²) in [5.41, 5.74) is 1.18. The molecule has 1 spiro atoms. The van der Waals surface area contributed by atoms with Gasteiger partial charge in [0.15, 0.2) is 17.8 Å². The summed E-state index contributed by atoms with van der Waals surface area (Å²) in [6.45, 7) is 0. The Morgan fingerprint density at radius 3 is 2.82 bits per heavy atom. The van der Waals surface area contributed by atoms with Gasteiger partial charge in [0.2, 0.25) is 0 Å². The molecule has 0 atom stereocenters. The Bertz CT molecular complexity index is 991. The van der Waals surface area contributed by atoms with Crippen molar-refractivity contribution in [3.8, 4) is 0 Å². The van der Waals surface area contributed by atoms with Crippen LogP contribution >= 0.6 is 11.6 Å². The lowest BCUT2D eigenvalue weighted by Crippen LogP contribution is -2.51. The number of nitrogens with one attached hydrogen (secondary N) is 3. The number of hydrogen-bond acceptors (Lipinski definition) is 7. The molecule has 2 aromatic heterocycles. The fourth-order valence-corrected chi connectivity index (χ4v) is 4.22. The van der Waals surface area contributed by atoms with E-state index in [1.54, 1.807) is 0 Å². The van der Waals surface area contributed by atoms with Gasteiger partial charge in [0, 0.05) is 7.05 Å². The minimum atomic E-state index is -0.387. The molecule has 2 fully saturated rings. The van der Waals surface area contributed by atoms with Crippen LogP contribution in [0.15, 0.2) is 35.2 Å². The molecule has 9 nitrogen and oxygen atoms in total. The van der Waals surface area contributed by atoms with Crippen molar-refractivity contribution in [3.63, 3.8) is 0 Å². The summed E-state index contributed by atoms with van der Waals surface area (Å²) in [5, 5.41) is 6.19. The number of imidazole rings is 1. The minimum Gasteiger partial charge on any atom is -0.346 e. The maximum absolute atomic E-state index is 12.6. The van der Waals surface area contributed by atoms with E-state index in [0.29, 0.717) is 29.0 Å². The predicted octanol–water partition coefficient (Wildman–Crippen LogP) is 2.02. The van der Waals surface area contributed by atoms with Crippen molar-refractivity contribution in [2.75, 3.05) is 12.4 Å². The third-order valence-corrected chi connectivity index (χ3v) is 5.63. The summed E-state index contributed by atoms with van der Waals surface area (Å²) < 4.78 is 0. The van der Waals surface area contributed by atoms with Gasteiger partial charge in [-0.05, 0) is 31.8 Å². The van der Waals surface area contributed by atoms with Crippen molar-refractivity contribution in [1.82, 2.24) is 30.2 Å². The monoisotopic (exact) mass is 401 g/mol. The minimum absolute atomic E-state index is 0.165. The summed E-state index contributed by atoms with van der Waals surface area (Å²) in [6, 6.07) is 0. The Kier molecular flexibility index (Phi) is 4.76. The van der Waals surface area contributed by atoms with Crippen LogP contribution in [0.1, 0.15) is 32.1 Å². The third-order valence-electron chi connectivity index (χ3n) is 5.34. The molecule has 146 valence electrons. The van der Waals surface area contributed by atoms with Gasteiger partial charge in [-0.2, -0.15) is 0 Å². The molecule has 0 unspecified atom stereocenters. The molecule has 1 amide bonds. The molecule has 0 aromatic carbocycles. The summed E-state index contributed by atoms with van der Waals surface area (Å²) >= 11 is 6.47. The Balaban J connectivity index is 1.65. The van der Waals surface area contributed by atoms with E-state index >= 15 is 0 Å². The molecule has 10 heteroatoms. The van der Waals surface area contributed by atoms with E-state index in [-0.39, 0.29) is 22.3 Å². The molecule has 2 aliphatic rings. The quantitative estimate of drug-likeness (QED) is 0.530. The number of halogens is 1. The molecule has 1 saturated heterocycles. The maximum atomic E-state index is 12.6. The Morgan fingerprint density at radius 1 is 1.29 bits per heavy atom. The van der Waals surface area contributed by atoms with Crippen LogP contribution in [-0.2, 0) is 9.59 Å². The lowest BCUT2D eigenvalue weighted by molar-refractivity contribution is -0.117. The average molecular weight is 402 g/mol. The first-order valence-corrected chi connectivity index (χ1v) is 9.46. The van der Waals surface area contributed by atoms with Crippen LogP contribution in [0.25, 0.3) is 11.2 Å². The number of fused-ring (bicyclic) bond motifs is 1. The number of hydrogen-bond donors (Lipinski definition) is 3. The highest BCUT2D eigenvalue weighted by Gasteiger charge is 2.46. The third kappa shape index (κ3) is 3.11. The number of aldehydes is 1. The van der Waals surface area contributed by atoms with Crippen LogP contribution in [0.5, 0.6) is 0 Å². The number of rotatable bonds is 4. The van der Waals surface area contributed by atoms with E-state index in [2.05, 4.69) is 30.6 Å². The van der Waals surface area contributed by atoms with Crippen molar-refractivity contribution in [3.05, 3.63) is 35.2 Å². The summed E-state index contributed by atoms with van der Waals surface area (Å²) in [7, 11) is 1.86. The molecule has 1 saturated carbocycles. The number of H-pyrrole nitrogens is 1. The van der Waals surface area contributed by atoms with E-state index in [1.807, 2.05) is 11.9 Å². The number of likely N-dealkylation sites (N-methyl/N-ethyl adjacent to an activating group) is 1. The lowest BCUT2D eigenvalue weighted by atomic mass is 9.89. The topological polar surface area (TPSA) is 116 Å². The van der Waals surface area contributed by atoms with E-state index < -0.39 is 0 Å². The average Bonchev–Trinajstić information content (AvgIpc) is 3.26. The van der Waals surface area contributed by atoms with Crippen LogP contribution in [0.3, 0.4) is 0 Å². The van der Waals surface area contributed by atoms with Crippen LogP contribution in [0.4, 0.5) is 5.82 Å². The molecule has 1 aliphatic heterocycles. The van der Waals surface area contributed by atoms with E-state index in [4.69, 9.17) is 11.6 Å². The smallest absolute Gasteiger partial charge is 0.270 e. The standard InChI is InChI=1S/C18H20ClN7O2/c1-26-14(17(28)25-18(26)5-3-2-4-6-18)12(19)7-11(8-27)24-16-13-15(21-9-20-13)22-10-23-16/h7-10H,2-6H2,1H3,(H,25,28)(H2,20,21,22,23,24)/b11-7+,14-12+. The van der Waals surface area contributed by atoms with Gasteiger partial charge in [-0.3, -0.25) is 9.59 Å². The zero-order valence-electron chi connectivity index (χ0n) is 15.3. The lowest BCUT2D eigenvalue weighted by Gasteiger charge is -2.39. The predicted molar refractivity (Wildman–Crippen MR) is 104 cm³/mol. The first kappa shape index (κ1) is 18.4. The molecule has 3 N–H and O–H groups in total. The fraction of sp³-hybridized carbons (Fsp3) is 0.389. The highest BCUT2D eigenvalue weighted by atomic mass is 35.5. The molecular weight excluding hydrogens is 382 g/mol. The van der Waals surface area contributed by atoms with Crippen LogP contribution < -0.4 is 10.6 Å². The number of allylic oxidation sites excluding steroid dienone is 3. The van der Waals surface area contributed by atoms with Gasteiger partial charge in [-0.15, -0.1) is 0 Å². The second-order valence-electron chi connectivity index (χ2n) is 6.97. The van der Waals surface area contributed by atoms with Crippen molar-refractivity contribution in [2.45, 2.75) is 37.8 Å². The van der Waals surface area contributed by atoms with Crippen LogP contribution in [0, 0.1) is 0 Å². The van der Waals surface area contributed by atoms with Gasteiger partial charge in [-0.25, -0.2) is 15.0 Å². The highest BCUT2D eigenvalue weighted by molar-refractivity contribution is 6.33. The van der Waals surface area contributed by atoms with Gasteiger partial charge in [0.25, 0.3) is 5.91 Å². The van der Waals surface area contributed by atoms with Crippen molar-refractivity contribution in [2.24, 2.45) is 0 Å². The van der Waals surface area contributed by atoms with E-state index in [1.165, 1.54) is 25.2 Å². The second kappa shape index (κ2) is 7.23. The summed E-state index contributed by atoms with van der Waals surface area (Å²) in [4.78, 5) is 41.2. The zero-order valence-corrected chi connectivity index (χ0v) is 16.1. The van der Waals surface area contributed by atoms with Crippen molar-refractivity contribution in [1.29, 1.82) is 0 Å². The molecule has 1 aliphatic carbocycles. The van der Waals surface area contributed by atoms with E-state index in [0.717, 1.165) is 25.7 Å². The number of anilines is 1. The van der Waals surface area contributed by atoms with Gasteiger partial charge >= 0.3 is 0 Å². The van der Waals surface area contributed by atoms with Gasteiger partial charge in [0.05, 0.1) is 17.1 Å². The molecule has 3 heterocycles. The Morgan fingerprint density at radius 2 is 2.07 bits per heavy atom. The molecule has 0 radical (unpaired) electrons. The molecule has 28 heavy (non-hydrogen) atoms. The fourth-order valence-electron chi connectivity index (χ4n) is 3.89. The Labute approximate surface area is 166 Å². The normalized spacial score (nSPS) is 21.1. The first-order valence-electron chi connectivity index (χ1n) is 9.08. The van der Waals surface area contributed by atoms with Crippen LogP contribution in [-0.4, -0.2) is 49.7 Å². The van der Waals surface area contributed by atoms with Crippen molar-refractivity contribution >= 4 is 40.8 Å². The number of aromatic nitrogens is 4. The number of carbonyl (C=O) groups is 2. The zero-order chi connectivity index (χ0) is 19.7. The molecule has 4 rings (SSSR count). The molecule has 2 aromatic rings. The first-order chi connectivity index (χ1) is 13.5. The van der Waals surface area contributed by atoms with E-state index in [9.17, 15) is 9.59 Å². The second-order valence-corrected chi connectivity index (χ2v) is 7.38. The number of carbonyl (C=O) groups excluding carboxylic acids is 2. The molecular formula is C18H20ClN7O2. The largest absolute Gasteiger partial charge is 0.346 e. The highest BCUT2D eigenvalue weighted by Crippen LogP contribution is 2.38. The summed E-state index contributed by atoms with van der Waals surface area (Å²) in [6.07, 6.45) is 9.93. The van der Waals surface area contributed by atoms with Crippen LogP contribution in [0.2, 0.25) is 0 Å². The van der Waals surface area contributed by atoms with Crippen molar-refractivity contribution < 1.29 is 9.59 Å². The van der Waals surface area contributed by atoms with Gasteiger partial charge in [0.1, 0.15) is 23.2 Å².